The van der Waals surface area contributed by atoms with Gasteiger partial charge >= 0.3 is 0 Å². The lowest BCUT2D eigenvalue weighted by atomic mass is 10.2. The molecule has 2 N–H and O–H groups in total. The summed E-state index contributed by atoms with van der Waals surface area (Å²) >= 11 is 0. The summed E-state index contributed by atoms with van der Waals surface area (Å²) in [5.41, 5.74) is 8.74. The quantitative estimate of drug-likeness (QED) is 0.870. The maximum atomic E-state index is 11.7. The average Bonchev–Trinajstić information content (AvgIpc) is 2.69. The highest BCUT2D eigenvalue weighted by Crippen LogP contribution is 2.14. The lowest BCUT2D eigenvalue weighted by Crippen LogP contribution is -2.21. The second-order valence-electron chi connectivity index (χ2n) is 4.36. The van der Waals surface area contributed by atoms with Crippen molar-refractivity contribution in [3.8, 4) is 5.69 Å². The molecule has 0 saturated carbocycles. The highest BCUT2D eigenvalue weighted by atomic mass is 16.2. The number of nitrogens with zero attached hydrogens (tertiary/aromatic N) is 3. The minimum absolute atomic E-state index is 0.0160. The molecule has 0 aliphatic carbocycles. The summed E-state index contributed by atoms with van der Waals surface area (Å²) in [7, 11) is 3.46. The number of carbonyl (C=O) groups excluding carboxylic acids is 1. The Balaban J connectivity index is 2.30. The summed E-state index contributed by atoms with van der Waals surface area (Å²) in [6.07, 6.45) is 1.76. The number of rotatable bonds is 2. The van der Waals surface area contributed by atoms with Crippen molar-refractivity contribution in [3.05, 3.63) is 41.7 Å². The van der Waals surface area contributed by atoms with Gasteiger partial charge in [-0.2, -0.15) is 5.10 Å². The van der Waals surface area contributed by atoms with Crippen LogP contribution < -0.4 is 5.73 Å². The monoisotopic (exact) mass is 244 g/mol. The van der Waals surface area contributed by atoms with Crippen LogP contribution in [0.15, 0.2) is 30.5 Å². The Morgan fingerprint density at radius 2 is 1.89 bits per heavy atom. The van der Waals surface area contributed by atoms with Crippen molar-refractivity contribution < 1.29 is 4.79 Å². The normalized spacial score (nSPS) is 10.4. The molecule has 1 aromatic carbocycles. The van der Waals surface area contributed by atoms with E-state index in [1.54, 1.807) is 42.0 Å². The van der Waals surface area contributed by atoms with Crippen LogP contribution in [0.5, 0.6) is 0 Å². The molecule has 0 aliphatic heterocycles. The third kappa shape index (κ3) is 2.20. The van der Waals surface area contributed by atoms with E-state index in [1.807, 2.05) is 19.1 Å². The van der Waals surface area contributed by atoms with Crippen molar-refractivity contribution in [1.29, 1.82) is 0 Å². The van der Waals surface area contributed by atoms with E-state index in [-0.39, 0.29) is 5.91 Å². The molecule has 0 unspecified atom stereocenters. The molecule has 2 rings (SSSR count). The first kappa shape index (κ1) is 12.2. The number of anilines is 1. The maximum Gasteiger partial charge on any atom is 0.253 e. The van der Waals surface area contributed by atoms with Crippen LogP contribution in [-0.2, 0) is 0 Å². The first-order chi connectivity index (χ1) is 8.49. The van der Waals surface area contributed by atoms with E-state index in [4.69, 9.17) is 5.73 Å². The third-order valence-corrected chi connectivity index (χ3v) is 2.72. The van der Waals surface area contributed by atoms with Gasteiger partial charge in [0.05, 0.1) is 23.3 Å². The van der Waals surface area contributed by atoms with Gasteiger partial charge in [0.15, 0.2) is 0 Å². The second kappa shape index (κ2) is 4.52. The van der Waals surface area contributed by atoms with Crippen LogP contribution in [0.4, 0.5) is 5.69 Å². The summed E-state index contributed by atoms with van der Waals surface area (Å²) in [6, 6.07) is 7.26. The number of benzene rings is 1. The zero-order chi connectivity index (χ0) is 13.3. The number of hydrogen-bond donors (Lipinski definition) is 1. The van der Waals surface area contributed by atoms with Crippen LogP contribution >= 0.6 is 0 Å². The summed E-state index contributed by atoms with van der Waals surface area (Å²) < 4.78 is 1.70. The third-order valence-electron chi connectivity index (χ3n) is 2.72. The summed E-state index contributed by atoms with van der Waals surface area (Å²) in [5, 5.41) is 4.29. The molecule has 94 valence electrons. The SMILES string of the molecule is Cc1nn(-c2ccc(C(=O)N(C)C)cc2)cc1N. The van der Waals surface area contributed by atoms with E-state index in [9.17, 15) is 4.79 Å². The van der Waals surface area contributed by atoms with Gasteiger partial charge in [0, 0.05) is 19.7 Å². The largest absolute Gasteiger partial charge is 0.396 e. The Morgan fingerprint density at radius 1 is 1.28 bits per heavy atom. The van der Waals surface area contributed by atoms with Crippen molar-refractivity contribution in [3.63, 3.8) is 0 Å². The number of aromatic nitrogens is 2. The first-order valence-corrected chi connectivity index (χ1v) is 5.63. The summed E-state index contributed by atoms with van der Waals surface area (Å²) in [4.78, 5) is 13.3. The number of nitrogens with two attached hydrogens (primary N) is 1. The van der Waals surface area contributed by atoms with Gasteiger partial charge in [-0.25, -0.2) is 4.68 Å². The molecule has 1 amide bonds. The molecule has 1 heterocycles. The van der Waals surface area contributed by atoms with Crippen LogP contribution in [0.1, 0.15) is 16.1 Å². The molecule has 0 radical (unpaired) electrons. The zero-order valence-corrected chi connectivity index (χ0v) is 10.7. The standard InChI is InChI=1S/C13H16N4O/c1-9-12(14)8-17(15-9)11-6-4-10(5-7-11)13(18)16(2)3/h4-8H,14H2,1-3H3. The Bertz CT molecular complexity index is 550. The predicted molar refractivity (Wildman–Crippen MR) is 70.7 cm³/mol. The van der Waals surface area contributed by atoms with Crippen LogP contribution in [0.2, 0.25) is 0 Å². The molecular weight excluding hydrogens is 228 g/mol. The maximum absolute atomic E-state index is 11.7. The van der Waals surface area contributed by atoms with Crippen LogP contribution in [0, 0.1) is 6.92 Å². The lowest BCUT2D eigenvalue weighted by Gasteiger charge is -2.10. The highest BCUT2D eigenvalue weighted by Gasteiger charge is 2.08. The molecule has 2 aromatic rings. The van der Waals surface area contributed by atoms with E-state index in [0.29, 0.717) is 11.3 Å². The van der Waals surface area contributed by atoms with Gasteiger partial charge in [-0.1, -0.05) is 0 Å². The van der Waals surface area contributed by atoms with Gasteiger partial charge in [0.25, 0.3) is 5.91 Å². The average molecular weight is 244 g/mol. The number of hydrogen-bond acceptors (Lipinski definition) is 3. The first-order valence-electron chi connectivity index (χ1n) is 5.63. The molecule has 0 aliphatic rings. The van der Waals surface area contributed by atoms with Gasteiger partial charge in [-0.15, -0.1) is 0 Å². The predicted octanol–water partition coefficient (Wildman–Crippen LogP) is 1.46. The van der Waals surface area contributed by atoms with Crippen molar-refractivity contribution in [2.75, 3.05) is 19.8 Å². The van der Waals surface area contributed by atoms with E-state index in [1.165, 1.54) is 0 Å². The number of aryl methyl sites for hydroxylation is 1. The van der Waals surface area contributed by atoms with Crippen LogP contribution in [0.25, 0.3) is 5.69 Å². The fourth-order valence-corrected chi connectivity index (χ4v) is 1.62. The smallest absolute Gasteiger partial charge is 0.253 e. The molecule has 0 spiro atoms. The van der Waals surface area contributed by atoms with Crippen molar-refractivity contribution >= 4 is 11.6 Å². The fraction of sp³-hybridized carbons (Fsp3) is 0.231. The minimum atomic E-state index is -0.0160. The molecule has 5 heteroatoms. The molecule has 1 aromatic heterocycles. The highest BCUT2D eigenvalue weighted by molar-refractivity contribution is 5.94. The topological polar surface area (TPSA) is 64.2 Å². The fourth-order valence-electron chi connectivity index (χ4n) is 1.62. The zero-order valence-electron chi connectivity index (χ0n) is 10.7. The lowest BCUT2D eigenvalue weighted by molar-refractivity contribution is 0.0827. The Morgan fingerprint density at radius 3 is 2.33 bits per heavy atom. The van der Waals surface area contributed by atoms with E-state index < -0.39 is 0 Å². The van der Waals surface area contributed by atoms with Crippen molar-refractivity contribution in [2.24, 2.45) is 0 Å². The van der Waals surface area contributed by atoms with Crippen molar-refractivity contribution in [2.45, 2.75) is 6.92 Å². The van der Waals surface area contributed by atoms with Crippen LogP contribution in [-0.4, -0.2) is 34.7 Å². The number of amides is 1. The van der Waals surface area contributed by atoms with E-state index in [0.717, 1.165) is 11.4 Å². The molecule has 0 fully saturated rings. The van der Waals surface area contributed by atoms with Crippen LogP contribution in [0.3, 0.4) is 0 Å². The van der Waals surface area contributed by atoms with Gasteiger partial charge in [0.1, 0.15) is 0 Å². The minimum Gasteiger partial charge on any atom is -0.396 e. The van der Waals surface area contributed by atoms with E-state index in [2.05, 4.69) is 5.10 Å². The molecular formula is C13H16N4O. The second-order valence-corrected chi connectivity index (χ2v) is 4.36. The molecule has 0 bridgehead atoms. The Kier molecular flexibility index (Phi) is 3.06. The molecule has 18 heavy (non-hydrogen) atoms. The molecule has 0 saturated heterocycles. The molecule has 0 atom stereocenters. The Labute approximate surface area is 106 Å². The van der Waals surface area contributed by atoms with Gasteiger partial charge in [0.2, 0.25) is 0 Å². The Hall–Kier alpha value is -2.30. The number of carbonyl (C=O) groups is 1. The summed E-state index contributed by atoms with van der Waals surface area (Å²) in [6.45, 7) is 1.86. The van der Waals surface area contributed by atoms with E-state index >= 15 is 0 Å². The van der Waals surface area contributed by atoms with Gasteiger partial charge < -0.3 is 10.6 Å². The number of nitrogen functional groups attached to an aromatic ring is 1. The van der Waals surface area contributed by atoms with Gasteiger partial charge in [-0.05, 0) is 31.2 Å². The van der Waals surface area contributed by atoms with Crippen molar-refractivity contribution in [1.82, 2.24) is 14.7 Å². The molecule has 5 nitrogen and oxygen atoms in total. The van der Waals surface area contributed by atoms with Gasteiger partial charge in [-0.3, -0.25) is 4.79 Å². The summed E-state index contributed by atoms with van der Waals surface area (Å²) in [5.74, 6) is -0.0160.